The van der Waals surface area contributed by atoms with Crippen molar-refractivity contribution >= 4 is 5.91 Å². The van der Waals surface area contributed by atoms with Crippen LogP contribution in [-0.4, -0.2) is 62.0 Å². The van der Waals surface area contributed by atoms with Gasteiger partial charge in [-0.15, -0.1) is 0 Å². The van der Waals surface area contributed by atoms with Gasteiger partial charge in [-0.1, -0.05) is 0 Å². The van der Waals surface area contributed by atoms with Crippen molar-refractivity contribution in [2.45, 2.75) is 25.8 Å². The Morgan fingerprint density at radius 1 is 1.47 bits per heavy atom. The predicted octanol–water partition coefficient (Wildman–Crippen LogP) is 0.459. The fourth-order valence-corrected chi connectivity index (χ4v) is 2.60. The number of carbonyl (C=O) groups excluding carboxylic acids is 1. The number of nitrogens with one attached hydrogen (secondary N) is 1. The molecule has 0 spiro atoms. The van der Waals surface area contributed by atoms with Gasteiger partial charge in [0.1, 0.15) is 0 Å². The van der Waals surface area contributed by atoms with Crippen molar-refractivity contribution in [3.05, 3.63) is 11.1 Å². The maximum absolute atomic E-state index is 12.4. The maximum Gasteiger partial charge on any atom is 0.249 e. The second-order valence-electron chi connectivity index (χ2n) is 5.39. The summed E-state index contributed by atoms with van der Waals surface area (Å²) in [5.41, 5.74) is 2.25. The molecule has 0 aromatic carbocycles. The lowest BCUT2D eigenvalue weighted by Crippen LogP contribution is -2.43. The highest BCUT2D eigenvalue weighted by molar-refractivity contribution is 5.94. The zero-order valence-electron chi connectivity index (χ0n) is 11.1. The fourth-order valence-electron chi connectivity index (χ4n) is 2.60. The minimum atomic E-state index is 0.255. The molecule has 0 aromatic heterocycles. The van der Waals surface area contributed by atoms with Crippen molar-refractivity contribution in [1.29, 1.82) is 0 Å². The molecule has 0 saturated carbocycles. The molecule has 2 rings (SSSR count). The van der Waals surface area contributed by atoms with Gasteiger partial charge in [-0.25, -0.2) is 0 Å². The first-order chi connectivity index (χ1) is 8.09. The van der Waals surface area contributed by atoms with E-state index in [4.69, 9.17) is 0 Å². The Labute approximate surface area is 104 Å². The van der Waals surface area contributed by atoms with E-state index in [1.807, 2.05) is 6.92 Å². The Bertz CT molecular complexity index is 330. The van der Waals surface area contributed by atoms with E-state index in [-0.39, 0.29) is 5.91 Å². The molecule has 0 bridgehead atoms. The van der Waals surface area contributed by atoms with E-state index >= 15 is 0 Å². The van der Waals surface area contributed by atoms with Crippen molar-refractivity contribution in [2.75, 3.05) is 40.3 Å². The van der Waals surface area contributed by atoms with Gasteiger partial charge in [0, 0.05) is 37.8 Å². The smallest absolute Gasteiger partial charge is 0.249 e. The largest absolute Gasteiger partial charge is 0.335 e. The second-order valence-corrected chi connectivity index (χ2v) is 5.39. The SMILES string of the molecule is CC(C(=O)N1CCCC1CN(C)C)=C1CNC1. The molecule has 2 heterocycles. The number of likely N-dealkylation sites (N-methyl/N-ethyl adjacent to an activating group) is 1. The molecule has 4 nitrogen and oxygen atoms in total. The third-order valence-corrected chi connectivity index (χ3v) is 3.74. The molecule has 2 fully saturated rings. The molecule has 17 heavy (non-hydrogen) atoms. The van der Waals surface area contributed by atoms with E-state index in [1.54, 1.807) is 0 Å². The minimum absolute atomic E-state index is 0.255. The van der Waals surface area contributed by atoms with Gasteiger partial charge >= 0.3 is 0 Å². The molecule has 2 aliphatic heterocycles. The number of hydrogen-bond donors (Lipinski definition) is 1. The number of hydrogen-bond acceptors (Lipinski definition) is 3. The van der Waals surface area contributed by atoms with Gasteiger partial charge in [-0.2, -0.15) is 0 Å². The zero-order chi connectivity index (χ0) is 12.4. The Hall–Kier alpha value is -0.870. The molecule has 1 atom stereocenters. The van der Waals surface area contributed by atoms with Gasteiger partial charge in [0.2, 0.25) is 5.91 Å². The summed E-state index contributed by atoms with van der Waals surface area (Å²) in [6.45, 7) is 5.67. The molecule has 4 heteroatoms. The van der Waals surface area contributed by atoms with Crippen molar-refractivity contribution in [3.8, 4) is 0 Å². The average molecular weight is 237 g/mol. The van der Waals surface area contributed by atoms with E-state index in [0.29, 0.717) is 6.04 Å². The Kier molecular flexibility index (Phi) is 3.84. The Balaban J connectivity index is 2.03. The molecule has 1 N–H and O–H groups in total. The normalized spacial score (nSPS) is 24.1. The van der Waals surface area contributed by atoms with Crippen LogP contribution in [0.1, 0.15) is 19.8 Å². The fraction of sp³-hybridized carbons (Fsp3) is 0.769. The van der Waals surface area contributed by atoms with E-state index < -0.39 is 0 Å². The lowest BCUT2D eigenvalue weighted by atomic mass is 10.0. The molecular weight excluding hydrogens is 214 g/mol. The molecule has 1 unspecified atom stereocenters. The average Bonchev–Trinajstić information content (AvgIpc) is 2.60. The van der Waals surface area contributed by atoms with Gasteiger partial charge < -0.3 is 15.1 Å². The van der Waals surface area contributed by atoms with Crippen LogP contribution in [0.2, 0.25) is 0 Å². The standard InChI is InChI=1S/C13H23N3O/c1-10(11-7-14-8-11)13(17)16-6-4-5-12(16)9-15(2)3/h12,14H,4-9H2,1-3H3. The minimum Gasteiger partial charge on any atom is -0.335 e. The van der Waals surface area contributed by atoms with E-state index in [0.717, 1.165) is 44.6 Å². The third-order valence-electron chi connectivity index (χ3n) is 3.74. The zero-order valence-corrected chi connectivity index (χ0v) is 11.1. The number of rotatable bonds is 3. The molecule has 1 amide bonds. The van der Waals surface area contributed by atoms with Gasteiger partial charge in [0.05, 0.1) is 0 Å². The summed E-state index contributed by atoms with van der Waals surface area (Å²) in [5, 5.41) is 3.19. The number of amides is 1. The van der Waals surface area contributed by atoms with Crippen LogP contribution < -0.4 is 5.32 Å². The summed E-state index contributed by atoms with van der Waals surface area (Å²) in [6, 6.07) is 0.404. The first kappa shape index (κ1) is 12.6. The molecule has 2 aliphatic rings. The van der Waals surface area contributed by atoms with Gasteiger partial charge in [-0.05, 0) is 39.4 Å². The molecule has 2 saturated heterocycles. The van der Waals surface area contributed by atoms with Crippen molar-refractivity contribution in [1.82, 2.24) is 15.1 Å². The van der Waals surface area contributed by atoms with Crippen LogP contribution >= 0.6 is 0 Å². The van der Waals surface area contributed by atoms with Crippen molar-refractivity contribution in [3.63, 3.8) is 0 Å². The molecule has 0 aromatic rings. The van der Waals surface area contributed by atoms with Crippen LogP contribution in [0.4, 0.5) is 0 Å². The first-order valence-corrected chi connectivity index (χ1v) is 6.44. The van der Waals surface area contributed by atoms with Crippen molar-refractivity contribution in [2.24, 2.45) is 0 Å². The van der Waals surface area contributed by atoms with Crippen LogP contribution in [0.3, 0.4) is 0 Å². The Morgan fingerprint density at radius 3 is 2.71 bits per heavy atom. The molecule has 0 radical (unpaired) electrons. The molecule has 0 aliphatic carbocycles. The van der Waals surface area contributed by atoms with Crippen LogP contribution in [0.5, 0.6) is 0 Å². The Morgan fingerprint density at radius 2 is 2.18 bits per heavy atom. The van der Waals surface area contributed by atoms with Gasteiger partial charge in [0.15, 0.2) is 0 Å². The monoisotopic (exact) mass is 237 g/mol. The lowest BCUT2D eigenvalue weighted by Gasteiger charge is -2.29. The van der Waals surface area contributed by atoms with Crippen LogP contribution in [0, 0.1) is 0 Å². The van der Waals surface area contributed by atoms with E-state index in [2.05, 4.69) is 29.2 Å². The van der Waals surface area contributed by atoms with E-state index in [1.165, 1.54) is 5.57 Å². The lowest BCUT2D eigenvalue weighted by molar-refractivity contribution is -0.128. The summed E-state index contributed by atoms with van der Waals surface area (Å²) < 4.78 is 0. The van der Waals surface area contributed by atoms with Crippen LogP contribution in [0.15, 0.2) is 11.1 Å². The summed E-state index contributed by atoms with van der Waals surface area (Å²) in [4.78, 5) is 16.6. The molecular formula is C13H23N3O. The predicted molar refractivity (Wildman–Crippen MR) is 68.9 cm³/mol. The van der Waals surface area contributed by atoms with Crippen LogP contribution in [0.25, 0.3) is 0 Å². The highest BCUT2D eigenvalue weighted by atomic mass is 16.2. The first-order valence-electron chi connectivity index (χ1n) is 6.44. The van der Waals surface area contributed by atoms with Gasteiger partial charge in [0.25, 0.3) is 0 Å². The second kappa shape index (κ2) is 5.19. The number of nitrogens with zero attached hydrogens (tertiary/aromatic N) is 2. The summed E-state index contributed by atoms with van der Waals surface area (Å²) >= 11 is 0. The van der Waals surface area contributed by atoms with Gasteiger partial charge in [-0.3, -0.25) is 4.79 Å². The van der Waals surface area contributed by atoms with Crippen molar-refractivity contribution < 1.29 is 4.79 Å². The topological polar surface area (TPSA) is 35.6 Å². The quantitative estimate of drug-likeness (QED) is 0.724. The molecule has 96 valence electrons. The maximum atomic E-state index is 12.4. The highest BCUT2D eigenvalue weighted by Gasteiger charge is 2.30. The summed E-state index contributed by atoms with van der Waals surface area (Å²) in [6.07, 6.45) is 2.29. The van der Waals surface area contributed by atoms with Crippen LogP contribution in [-0.2, 0) is 4.79 Å². The highest BCUT2D eigenvalue weighted by Crippen LogP contribution is 2.22. The van der Waals surface area contributed by atoms with E-state index in [9.17, 15) is 4.79 Å². The number of likely N-dealkylation sites (tertiary alicyclic amines) is 1. The third kappa shape index (κ3) is 2.69. The summed E-state index contributed by atoms with van der Waals surface area (Å²) in [7, 11) is 4.14. The summed E-state index contributed by atoms with van der Waals surface area (Å²) in [5.74, 6) is 0.255. The number of carbonyl (C=O) groups is 1.